The smallest absolute Gasteiger partial charge is 0.309 e. The first-order valence-electron chi connectivity index (χ1n) is 8.55. The molecule has 0 heterocycles. The molecule has 0 aliphatic heterocycles. The van der Waals surface area contributed by atoms with Crippen molar-refractivity contribution < 1.29 is 9.76 Å². The fourth-order valence-electron chi connectivity index (χ4n) is 2.08. The second kappa shape index (κ2) is 6.25. The topological polar surface area (TPSA) is 29.5 Å². The van der Waals surface area contributed by atoms with Gasteiger partial charge in [-0.1, -0.05) is 65.2 Å². The lowest BCUT2D eigenvalue weighted by Gasteiger charge is -2.37. The molecule has 0 bridgehead atoms. The van der Waals surface area contributed by atoms with Crippen LogP contribution >= 0.6 is 0 Å². The summed E-state index contributed by atoms with van der Waals surface area (Å²) >= 11 is 0. The highest BCUT2D eigenvalue weighted by molar-refractivity contribution is 6.47. The molecule has 0 aromatic heterocycles. The molecular weight excluding hydrogens is 283 g/mol. The van der Waals surface area contributed by atoms with E-state index in [0.717, 1.165) is 0 Å². The van der Waals surface area contributed by atoms with Crippen molar-refractivity contribution in [3.8, 4) is 0 Å². The van der Waals surface area contributed by atoms with Gasteiger partial charge in [-0.05, 0) is 49.7 Å². The summed E-state index contributed by atoms with van der Waals surface area (Å²) in [7, 11) is 0.504. The zero-order chi connectivity index (χ0) is 18.3. The Morgan fingerprint density at radius 1 is 0.739 bits per heavy atom. The zero-order valence-corrected chi connectivity index (χ0v) is 16.8. The van der Waals surface area contributed by atoms with E-state index in [-0.39, 0.29) is 10.8 Å². The first-order valence-corrected chi connectivity index (χ1v) is 8.55. The van der Waals surface area contributed by atoms with Crippen molar-refractivity contribution in [3.05, 3.63) is 29.3 Å². The quantitative estimate of drug-likeness (QED) is 0.855. The van der Waals surface area contributed by atoms with Crippen molar-refractivity contribution in [2.24, 2.45) is 0 Å². The minimum Gasteiger partial charge on any atom is -0.427 e. The summed E-state index contributed by atoms with van der Waals surface area (Å²) in [6, 6.07) is 6.77. The summed E-state index contributed by atoms with van der Waals surface area (Å²) in [6.45, 7) is 20.9. The molecule has 0 saturated carbocycles. The maximum absolute atomic E-state index is 10.3. The molecule has 0 saturated heterocycles. The highest BCUT2D eigenvalue weighted by atomic mass is 16.5. The largest absolute Gasteiger partial charge is 0.427 e. The Bertz CT molecular complexity index is 508. The van der Waals surface area contributed by atoms with Gasteiger partial charge in [0.2, 0.25) is 0 Å². The van der Waals surface area contributed by atoms with E-state index < -0.39 is 11.2 Å². The van der Waals surface area contributed by atoms with E-state index in [0.29, 0.717) is 7.48 Å². The van der Waals surface area contributed by atoms with E-state index >= 15 is 0 Å². The van der Waals surface area contributed by atoms with Crippen LogP contribution in [0.2, 0.25) is 0 Å². The van der Waals surface area contributed by atoms with Crippen LogP contribution < -0.4 is 5.46 Å². The van der Waals surface area contributed by atoms with Crippen LogP contribution in [0.25, 0.3) is 0 Å². The Kier molecular flexibility index (Phi) is 5.51. The molecule has 0 spiro atoms. The van der Waals surface area contributed by atoms with Gasteiger partial charge in [0.25, 0.3) is 0 Å². The standard InChI is InChI=1S/C20H35BO2/c1-17(2,3)14-11-15(18(4,5)6)13-16(12-14)21-23-20(9,10)19(7,8)22/h11-13,21-22H,1-10H3. The lowest BCUT2D eigenvalue weighted by atomic mass is 9.74. The third-order valence-corrected chi connectivity index (χ3v) is 4.80. The van der Waals surface area contributed by atoms with Gasteiger partial charge in [0.05, 0.1) is 11.2 Å². The molecule has 1 aromatic rings. The molecule has 2 nitrogen and oxygen atoms in total. The molecule has 0 aliphatic rings. The second-order valence-electron chi connectivity index (χ2n) is 9.78. The second-order valence-corrected chi connectivity index (χ2v) is 9.78. The van der Waals surface area contributed by atoms with Crippen LogP contribution in [0.3, 0.4) is 0 Å². The highest BCUT2D eigenvalue weighted by Crippen LogP contribution is 2.28. The van der Waals surface area contributed by atoms with E-state index in [2.05, 4.69) is 59.7 Å². The van der Waals surface area contributed by atoms with E-state index in [1.165, 1.54) is 16.6 Å². The third kappa shape index (κ3) is 5.36. The van der Waals surface area contributed by atoms with Crippen LogP contribution in [0.15, 0.2) is 18.2 Å². The number of aliphatic hydroxyl groups is 1. The lowest BCUT2D eigenvalue weighted by molar-refractivity contribution is -0.0893. The molecule has 3 heteroatoms. The Balaban J connectivity index is 3.17. The van der Waals surface area contributed by atoms with Crippen molar-refractivity contribution >= 4 is 12.9 Å². The predicted molar refractivity (Wildman–Crippen MR) is 102 cm³/mol. The highest BCUT2D eigenvalue weighted by Gasteiger charge is 2.35. The zero-order valence-electron chi connectivity index (χ0n) is 16.8. The summed E-state index contributed by atoms with van der Waals surface area (Å²) in [5, 5.41) is 10.3. The first-order chi connectivity index (χ1) is 10.0. The predicted octanol–water partition coefficient (Wildman–Crippen LogP) is 3.82. The molecule has 0 aliphatic carbocycles. The number of benzene rings is 1. The van der Waals surface area contributed by atoms with Crippen molar-refractivity contribution in [2.45, 2.75) is 91.3 Å². The monoisotopic (exact) mass is 318 g/mol. The van der Waals surface area contributed by atoms with E-state index in [1.54, 1.807) is 13.8 Å². The van der Waals surface area contributed by atoms with Gasteiger partial charge in [0.15, 0.2) is 0 Å². The molecule has 0 radical (unpaired) electrons. The van der Waals surface area contributed by atoms with E-state index in [4.69, 9.17) is 4.65 Å². The van der Waals surface area contributed by atoms with Crippen molar-refractivity contribution in [2.75, 3.05) is 0 Å². The summed E-state index contributed by atoms with van der Waals surface area (Å²) in [6.07, 6.45) is 0. The summed E-state index contributed by atoms with van der Waals surface area (Å²) in [5.74, 6) is 0. The fraction of sp³-hybridized carbons (Fsp3) is 0.700. The minimum absolute atomic E-state index is 0.0990. The van der Waals surface area contributed by atoms with Gasteiger partial charge in [-0.2, -0.15) is 0 Å². The van der Waals surface area contributed by atoms with Gasteiger partial charge in [-0.15, -0.1) is 0 Å². The number of hydrogen-bond acceptors (Lipinski definition) is 2. The Labute approximate surface area is 143 Å². The lowest BCUT2D eigenvalue weighted by Crippen LogP contribution is -2.49. The molecule has 0 amide bonds. The van der Waals surface area contributed by atoms with Gasteiger partial charge < -0.3 is 9.76 Å². The molecule has 0 fully saturated rings. The summed E-state index contributed by atoms with van der Waals surface area (Å²) in [5.41, 5.74) is 2.52. The maximum Gasteiger partial charge on any atom is 0.309 e. The van der Waals surface area contributed by atoms with Crippen LogP contribution in [0, 0.1) is 0 Å². The van der Waals surface area contributed by atoms with E-state index in [1.807, 2.05) is 13.8 Å². The van der Waals surface area contributed by atoms with Crippen molar-refractivity contribution in [3.63, 3.8) is 0 Å². The van der Waals surface area contributed by atoms with Crippen LogP contribution in [-0.4, -0.2) is 23.8 Å². The number of hydrogen-bond donors (Lipinski definition) is 1. The Morgan fingerprint density at radius 3 is 1.43 bits per heavy atom. The number of rotatable bonds is 4. The van der Waals surface area contributed by atoms with Crippen LogP contribution in [-0.2, 0) is 15.5 Å². The average molecular weight is 318 g/mol. The van der Waals surface area contributed by atoms with Gasteiger partial charge in [-0.3, -0.25) is 0 Å². The summed E-state index contributed by atoms with van der Waals surface area (Å²) in [4.78, 5) is 0. The molecule has 1 aromatic carbocycles. The molecule has 1 rings (SSSR count). The van der Waals surface area contributed by atoms with Crippen molar-refractivity contribution in [1.29, 1.82) is 0 Å². The minimum atomic E-state index is -0.887. The van der Waals surface area contributed by atoms with Crippen LogP contribution in [0.1, 0.15) is 80.4 Å². The maximum atomic E-state index is 10.3. The third-order valence-electron chi connectivity index (χ3n) is 4.80. The van der Waals surface area contributed by atoms with Crippen LogP contribution in [0.5, 0.6) is 0 Å². The molecule has 0 unspecified atom stereocenters. The van der Waals surface area contributed by atoms with Crippen molar-refractivity contribution in [1.82, 2.24) is 0 Å². The molecule has 1 N–H and O–H groups in total. The van der Waals surface area contributed by atoms with Gasteiger partial charge in [0, 0.05) is 0 Å². The first kappa shape index (κ1) is 20.2. The Hall–Kier alpha value is -0.795. The average Bonchev–Trinajstić information content (AvgIpc) is 2.32. The van der Waals surface area contributed by atoms with E-state index in [9.17, 15) is 5.11 Å². The molecule has 23 heavy (non-hydrogen) atoms. The van der Waals surface area contributed by atoms with Gasteiger partial charge in [-0.25, -0.2) is 0 Å². The normalized spacial score (nSPS) is 14.0. The molecular formula is C20H35BO2. The van der Waals surface area contributed by atoms with Crippen LogP contribution in [0.4, 0.5) is 0 Å². The molecule has 0 atom stereocenters. The fourth-order valence-corrected chi connectivity index (χ4v) is 2.08. The SMILES string of the molecule is CC(C)(C)c1cc(BOC(C)(C)C(C)(C)O)cc(C(C)(C)C)c1. The molecule has 130 valence electrons. The summed E-state index contributed by atoms with van der Waals surface area (Å²) < 4.78 is 6.07. The van der Waals surface area contributed by atoms with Gasteiger partial charge in [0.1, 0.15) is 0 Å². The van der Waals surface area contributed by atoms with Gasteiger partial charge >= 0.3 is 7.48 Å². The Morgan fingerprint density at radius 2 is 1.13 bits per heavy atom.